The van der Waals surface area contributed by atoms with Crippen LogP contribution < -0.4 is 0 Å². The minimum absolute atomic E-state index is 0.156. The summed E-state index contributed by atoms with van der Waals surface area (Å²) in [4.78, 5) is 0. The van der Waals surface area contributed by atoms with Crippen molar-refractivity contribution in [2.24, 2.45) is 0 Å². The Bertz CT molecular complexity index is 547. The zero-order chi connectivity index (χ0) is 19.8. The average Bonchev–Trinajstić information content (AvgIpc) is 2.46. The average molecular weight is 380 g/mol. The molecule has 1 rings (SSSR count). The summed E-state index contributed by atoms with van der Waals surface area (Å²) in [7, 11) is -1.49. The molecule has 0 unspecified atom stereocenters. The normalized spacial score (nSPS) is 14.1. The van der Waals surface area contributed by atoms with E-state index in [0.29, 0.717) is 0 Å². The Kier molecular flexibility index (Phi) is 6.85. The zero-order valence-corrected chi connectivity index (χ0v) is 21.1. The molecule has 0 aliphatic heterocycles. The van der Waals surface area contributed by atoms with Crippen molar-refractivity contribution in [1.29, 1.82) is 0 Å². The fourth-order valence-corrected chi connectivity index (χ4v) is 17.8. The van der Waals surface area contributed by atoms with E-state index in [2.05, 4.69) is 95.2 Å². The van der Waals surface area contributed by atoms with Crippen LogP contribution in [0.25, 0.3) is 0 Å². The molecule has 0 saturated heterocycles. The molecule has 0 aromatic carbocycles. The first kappa shape index (κ1) is 22.9. The van der Waals surface area contributed by atoms with Gasteiger partial charge in [-0.3, -0.25) is 0 Å². The molecule has 0 aliphatic rings. The Hall–Kier alpha value is -0.133. The number of hydrogen-bond donors (Lipinski definition) is 0. The van der Waals surface area contributed by atoms with E-state index in [1.165, 1.54) is 23.7 Å². The second-order valence-corrected chi connectivity index (χ2v) is 21.3. The Morgan fingerprint density at radius 3 is 1.16 bits per heavy atom. The fourth-order valence-electron chi connectivity index (χ4n) is 3.87. The van der Waals surface area contributed by atoms with Gasteiger partial charge in [0.1, 0.15) is 10.6 Å². The number of hydrogen-bond acceptors (Lipinski definition) is 0. The molecule has 1 aromatic heterocycles. The standard InChI is InChI=1S/C23H44PSi/c1-13-25(14-2,15-3)24-19(22(7,8)9)16-18(21(4,5)6)17-20(24)23(10,11)12/h16-17H,13-15H2,1-12H3/q+1. The molecule has 0 radical (unpaired) electrons. The van der Waals surface area contributed by atoms with Gasteiger partial charge in [0.15, 0.2) is 0 Å². The van der Waals surface area contributed by atoms with Crippen LogP contribution in [0.15, 0.2) is 12.1 Å². The van der Waals surface area contributed by atoms with E-state index >= 15 is 0 Å². The van der Waals surface area contributed by atoms with Crippen LogP contribution in [-0.2, 0) is 16.2 Å². The van der Waals surface area contributed by atoms with Gasteiger partial charge in [0.25, 0.3) is 7.74 Å². The molecule has 0 N–H and O–H groups in total. The van der Waals surface area contributed by atoms with Crippen molar-refractivity contribution >= 4 is 14.8 Å². The van der Waals surface area contributed by atoms with Crippen LogP contribution in [0.4, 0.5) is 0 Å². The molecule has 2 heteroatoms. The summed E-state index contributed by atoms with van der Waals surface area (Å²) >= 11 is 0. The summed E-state index contributed by atoms with van der Waals surface area (Å²) in [6.45, 7) is 29.2. The van der Waals surface area contributed by atoms with Gasteiger partial charge < -0.3 is 0 Å². The summed E-state index contributed by atoms with van der Waals surface area (Å²) in [5.74, 6) is 0. The van der Waals surface area contributed by atoms with E-state index in [-0.39, 0.29) is 23.3 Å². The monoisotopic (exact) mass is 379 g/mol. The lowest BCUT2D eigenvalue weighted by Gasteiger charge is -2.32. The van der Waals surface area contributed by atoms with Crippen LogP contribution in [0.5, 0.6) is 0 Å². The Labute approximate surface area is 160 Å². The first-order chi connectivity index (χ1) is 11.1. The molecule has 0 saturated carbocycles. The molecule has 0 nitrogen and oxygen atoms in total. The summed E-state index contributed by atoms with van der Waals surface area (Å²) in [6.07, 6.45) is 0. The van der Waals surface area contributed by atoms with Crippen LogP contribution in [-0.4, -0.2) is 7.74 Å². The Morgan fingerprint density at radius 1 is 0.640 bits per heavy atom. The van der Waals surface area contributed by atoms with Crippen molar-refractivity contribution in [3.05, 3.63) is 28.3 Å². The van der Waals surface area contributed by atoms with Gasteiger partial charge in [0.05, 0.1) is 7.08 Å². The van der Waals surface area contributed by atoms with Crippen LogP contribution in [0, 0.1) is 0 Å². The maximum atomic E-state index is 2.63. The Morgan fingerprint density at radius 2 is 0.960 bits per heavy atom. The first-order valence-electron chi connectivity index (χ1n) is 10.3. The van der Waals surface area contributed by atoms with Gasteiger partial charge in [0, 0.05) is 10.8 Å². The minimum atomic E-state index is -1.34. The van der Waals surface area contributed by atoms with Gasteiger partial charge in [-0.25, -0.2) is 0 Å². The highest BCUT2D eigenvalue weighted by Crippen LogP contribution is 2.58. The predicted molar refractivity (Wildman–Crippen MR) is 122 cm³/mol. The predicted octanol–water partition coefficient (Wildman–Crippen LogP) is 8.70. The highest BCUT2D eigenvalue weighted by Gasteiger charge is 2.50. The molecule has 0 bridgehead atoms. The largest absolute Gasteiger partial charge is 0.293 e. The highest BCUT2D eigenvalue weighted by molar-refractivity contribution is 7.90. The maximum absolute atomic E-state index is 2.63. The minimum Gasteiger partial charge on any atom is -0.0640 e. The smallest absolute Gasteiger partial charge is 0.0640 e. The maximum Gasteiger partial charge on any atom is 0.293 e. The third kappa shape index (κ3) is 4.78. The van der Waals surface area contributed by atoms with Crippen LogP contribution in [0.1, 0.15) is 99.2 Å². The SMILES string of the molecule is CC[Si](CC)(CC)[p+]1c(C(C)(C)C)cc(C(C)(C)C)cc1C(C)(C)C. The van der Waals surface area contributed by atoms with Crippen LogP contribution in [0.2, 0.25) is 18.1 Å². The van der Waals surface area contributed by atoms with Crippen molar-refractivity contribution in [2.75, 3.05) is 0 Å². The van der Waals surface area contributed by atoms with E-state index in [9.17, 15) is 0 Å². The quantitative estimate of drug-likeness (QED) is 0.459. The lowest BCUT2D eigenvalue weighted by molar-refractivity contribution is 0.565. The molecule has 0 amide bonds. The second kappa shape index (κ2) is 7.47. The fraction of sp³-hybridized carbons (Fsp3) is 0.783. The topological polar surface area (TPSA) is 0 Å². The molecule has 0 fully saturated rings. The molecule has 0 atom stereocenters. The molecule has 144 valence electrons. The third-order valence-electron chi connectivity index (χ3n) is 5.92. The molecular formula is C23H44PSi+. The van der Waals surface area contributed by atoms with Crippen molar-refractivity contribution < 1.29 is 0 Å². The summed E-state index contributed by atoms with van der Waals surface area (Å²) < 4.78 is 0. The van der Waals surface area contributed by atoms with Gasteiger partial charge in [-0.2, -0.15) is 0 Å². The van der Waals surface area contributed by atoms with E-state index in [4.69, 9.17) is 0 Å². The van der Waals surface area contributed by atoms with Gasteiger partial charge in [-0.15, -0.1) is 0 Å². The van der Waals surface area contributed by atoms with Crippen molar-refractivity contribution in [2.45, 2.75) is 117 Å². The van der Waals surface area contributed by atoms with E-state index in [1.807, 2.05) is 0 Å². The lowest BCUT2D eigenvalue weighted by atomic mass is 9.83. The van der Waals surface area contributed by atoms with Gasteiger partial charge in [-0.05, 0) is 41.2 Å². The van der Waals surface area contributed by atoms with E-state index < -0.39 is 7.74 Å². The molecule has 25 heavy (non-hydrogen) atoms. The van der Waals surface area contributed by atoms with Gasteiger partial charge in [-0.1, -0.05) is 83.1 Å². The van der Waals surface area contributed by atoms with Crippen molar-refractivity contribution in [1.82, 2.24) is 0 Å². The molecule has 0 spiro atoms. The Balaban J connectivity index is 4.09. The van der Waals surface area contributed by atoms with Gasteiger partial charge in [0.2, 0.25) is 0 Å². The summed E-state index contributed by atoms with van der Waals surface area (Å²) in [5, 5.41) is 3.55. The summed E-state index contributed by atoms with van der Waals surface area (Å²) in [6, 6.07) is 9.50. The van der Waals surface area contributed by atoms with Crippen molar-refractivity contribution in [3.63, 3.8) is 0 Å². The first-order valence-corrected chi connectivity index (χ1v) is 15.1. The molecule has 1 heterocycles. The van der Waals surface area contributed by atoms with Crippen LogP contribution in [0.3, 0.4) is 0 Å². The zero-order valence-electron chi connectivity index (χ0n) is 19.2. The van der Waals surface area contributed by atoms with Crippen LogP contribution >= 0.6 is 7.08 Å². The van der Waals surface area contributed by atoms with E-state index in [0.717, 1.165) is 0 Å². The number of rotatable bonds is 4. The van der Waals surface area contributed by atoms with Gasteiger partial charge >= 0.3 is 0 Å². The lowest BCUT2D eigenvalue weighted by Crippen LogP contribution is -2.32. The molecule has 1 aromatic rings. The third-order valence-corrected chi connectivity index (χ3v) is 20.5. The molecule has 0 aliphatic carbocycles. The second-order valence-electron chi connectivity index (χ2n) is 10.9. The summed E-state index contributed by atoms with van der Waals surface area (Å²) in [5.41, 5.74) is 2.26. The molecular weight excluding hydrogens is 335 g/mol. The van der Waals surface area contributed by atoms with E-state index in [1.54, 1.807) is 10.6 Å². The highest BCUT2D eigenvalue weighted by atomic mass is 31.4. The van der Waals surface area contributed by atoms with Crippen molar-refractivity contribution in [3.8, 4) is 0 Å².